The number of hydrogen-bond donors (Lipinski definition) is 2. The molecule has 24 heavy (non-hydrogen) atoms. The number of aryl methyl sites for hydroxylation is 1. The average molecular weight is 328 g/mol. The van der Waals surface area contributed by atoms with Crippen LogP contribution < -0.4 is 15.0 Å². The van der Waals surface area contributed by atoms with Gasteiger partial charge in [-0.2, -0.15) is 0 Å². The van der Waals surface area contributed by atoms with Gasteiger partial charge in [0.05, 0.1) is 6.10 Å². The van der Waals surface area contributed by atoms with E-state index >= 15 is 0 Å². The van der Waals surface area contributed by atoms with Crippen LogP contribution >= 0.6 is 0 Å². The normalized spacial score (nSPS) is 34.6. The molecule has 0 bridgehead atoms. The van der Waals surface area contributed by atoms with Crippen LogP contribution in [0.15, 0.2) is 12.1 Å². The number of nitrogens with one attached hydrogen (secondary N) is 1. The standard InChI is InChI=1S/C20H28N2O2/c23-17-9-14-11-21-12-15(14)10-19(17)24-18-6-5-13-3-1-7-22-8-2-4-16(18)20(13)22/h5-6,14-15,17,19,21,23H,1-4,7-12H2/t14-,15+,17+,19+/m0/s1. The van der Waals surface area contributed by atoms with Gasteiger partial charge in [-0.15, -0.1) is 0 Å². The maximum absolute atomic E-state index is 10.6. The van der Waals surface area contributed by atoms with E-state index in [1.165, 1.54) is 49.2 Å². The summed E-state index contributed by atoms with van der Waals surface area (Å²) >= 11 is 0. The smallest absolute Gasteiger partial charge is 0.125 e. The third-order valence-corrected chi connectivity index (χ3v) is 6.64. The topological polar surface area (TPSA) is 44.7 Å². The van der Waals surface area contributed by atoms with Crippen molar-refractivity contribution in [2.75, 3.05) is 31.1 Å². The Balaban J connectivity index is 1.42. The van der Waals surface area contributed by atoms with Crippen molar-refractivity contribution in [2.24, 2.45) is 11.8 Å². The predicted octanol–water partition coefficient (Wildman–Crippen LogP) is 2.12. The van der Waals surface area contributed by atoms with Gasteiger partial charge in [0.15, 0.2) is 0 Å². The van der Waals surface area contributed by atoms with E-state index in [-0.39, 0.29) is 12.2 Å². The fourth-order valence-corrected chi connectivity index (χ4v) is 5.40. The van der Waals surface area contributed by atoms with E-state index in [9.17, 15) is 5.11 Å². The van der Waals surface area contributed by atoms with Crippen LogP contribution in [-0.2, 0) is 12.8 Å². The van der Waals surface area contributed by atoms with Crippen LogP contribution in [0.4, 0.5) is 5.69 Å². The van der Waals surface area contributed by atoms with Crippen LogP contribution in [0.5, 0.6) is 5.75 Å². The lowest BCUT2D eigenvalue weighted by atomic mass is 9.78. The van der Waals surface area contributed by atoms with Gasteiger partial charge in [-0.25, -0.2) is 0 Å². The maximum atomic E-state index is 10.6. The van der Waals surface area contributed by atoms with Crippen molar-refractivity contribution in [2.45, 2.75) is 50.7 Å². The minimum absolute atomic E-state index is 0.0422. The quantitative estimate of drug-likeness (QED) is 0.873. The van der Waals surface area contributed by atoms with Crippen molar-refractivity contribution in [3.63, 3.8) is 0 Å². The number of nitrogens with zero attached hydrogens (tertiary/aromatic N) is 1. The monoisotopic (exact) mass is 328 g/mol. The highest BCUT2D eigenvalue weighted by Crippen LogP contribution is 2.42. The lowest BCUT2D eigenvalue weighted by Crippen LogP contribution is -2.42. The number of benzene rings is 1. The third-order valence-electron chi connectivity index (χ3n) is 6.64. The van der Waals surface area contributed by atoms with Gasteiger partial charge < -0.3 is 20.1 Å². The highest BCUT2D eigenvalue weighted by atomic mass is 16.5. The van der Waals surface area contributed by atoms with Crippen LogP contribution in [0.3, 0.4) is 0 Å². The Hall–Kier alpha value is -1.26. The van der Waals surface area contributed by atoms with Gasteiger partial charge in [0.2, 0.25) is 0 Å². The van der Waals surface area contributed by atoms with E-state index in [1.807, 2.05) is 0 Å². The van der Waals surface area contributed by atoms with Crippen molar-refractivity contribution in [1.29, 1.82) is 0 Å². The summed E-state index contributed by atoms with van der Waals surface area (Å²) in [6.45, 7) is 4.52. The van der Waals surface area contributed by atoms with Gasteiger partial charge >= 0.3 is 0 Å². The number of anilines is 1. The molecule has 0 amide bonds. The van der Waals surface area contributed by atoms with Crippen LogP contribution in [0.1, 0.15) is 36.8 Å². The molecule has 130 valence electrons. The second-order valence-corrected chi connectivity index (χ2v) is 8.12. The molecular formula is C20H28N2O2. The Morgan fingerprint density at radius 2 is 1.83 bits per heavy atom. The van der Waals surface area contributed by atoms with Crippen molar-refractivity contribution >= 4 is 5.69 Å². The molecule has 0 unspecified atom stereocenters. The van der Waals surface area contributed by atoms with Crippen molar-refractivity contribution < 1.29 is 9.84 Å². The molecular weight excluding hydrogens is 300 g/mol. The molecule has 4 atom stereocenters. The number of rotatable bonds is 2. The fraction of sp³-hybridized carbons (Fsp3) is 0.700. The molecule has 4 heteroatoms. The van der Waals surface area contributed by atoms with Crippen molar-refractivity contribution in [1.82, 2.24) is 5.32 Å². The largest absolute Gasteiger partial charge is 0.487 e. The first-order valence-electron chi connectivity index (χ1n) is 9.75. The lowest BCUT2D eigenvalue weighted by Gasteiger charge is -2.39. The molecule has 5 rings (SSSR count). The first-order chi connectivity index (χ1) is 11.8. The maximum Gasteiger partial charge on any atom is 0.125 e. The SMILES string of the molecule is O[C@@H]1C[C@H]2CNC[C@H]2C[C@H]1Oc1ccc2c3c1CCCN3CCC2. The van der Waals surface area contributed by atoms with Gasteiger partial charge in [-0.05, 0) is 75.1 Å². The molecule has 1 saturated carbocycles. The van der Waals surface area contributed by atoms with E-state index in [0.29, 0.717) is 11.8 Å². The number of fused-ring (bicyclic) bond motifs is 1. The van der Waals surface area contributed by atoms with Crippen LogP contribution in [0.2, 0.25) is 0 Å². The zero-order valence-electron chi connectivity index (χ0n) is 14.3. The molecule has 2 fully saturated rings. The average Bonchev–Trinajstić information content (AvgIpc) is 3.05. The zero-order chi connectivity index (χ0) is 16.1. The highest BCUT2D eigenvalue weighted by molar-refractivity contribution is 5.67. The Morgan fingerprint density at radius 3 is 2.71 bits per heavy atom. The molecule has 1 aromatic rings. The molecule has 1 aliphatic carbocycles. The Bertz CT molecular complexity index is 630. The molecule has 4 aliphatic rings. The highest BCUT2D eigenvalue weighted by Gasteiger charge is 2.40. The van der Waals surface area contributed by atoms with Crippen LogP contribution in [0.25, 0.3) is 0 Å². The molecule has 1 aromatic carbocycles. The third kappa shape index (κ3) is 2.42. The summed E-state index contributed by atoms with van der Waals surface area (Å²) in [5, 5.41) is 14.1. The van der Waals surface area contributed by atoms with E-state index in [2.05, 4.69) is 22.3 Å². The number of aliphatic hydroxyl groups excluding tert-OH is 1. The molecule has 3 heterocycles. The molecule has 4 nitrogen and oxygen atoms in total. The van der Waals surface area contributed by atoms with Gasteiger partial charge in [0.1, 0.15) is 11.9 Å². The summed E-state index contributed by atoms with van der Waals surface area (Å²) in [4.78, 5) is 2.55. The lowest BCUT2D eigenvalue weighted by molar-refractivity contribution is -0.0235. The number of ether oxygens (including phenoxy) is 1. The Morgan fingerprint density at radius 1 is 1.04 bits per heavy atom. The number of hydrogen-bond acceptors (Lipinski definition) is 4. The summed E-state index contributed by atoms with van der Waals surface area (Å²) < 4.78 is 6.44. The fourth-order valence-electron chi connectivity index (χ4n) is 5.40. The second kappa shape index (κ2) is 5.92. The first-order valence-corrected chi connectivity index (χ1v) is 9.75. The van der Waals surface area contributed by atoms with E-state index in [4.69, 9.17) is 4.74 Å². The summed E-state index contributed by atoms with van der Waals surface area (Å²) in [5.74, 6) is 2.34. The second-order valence-electron chi connectivity index (χ2n) is 8.12. The Labute approximate surface area is 144 Å². The van der Waals surface area contributed by atoms with E-state index < -0.39 is 0 Å². The molecule has 3 aliphatic heterocycles. The summed E-state index contributed by atoms with van der Waals surface area (Å²) in [6, 6.07) is 4.44. The molecule has 0 aromatic heterocycles. The minimum Gasteiger partial charge on any atom is -0.487 e. The predicted molar refractivity (Wildman–Crippen MR) is 94.8 cm³/mol. The summed E-state index contributed by atoms with van der Waals surface area (Å²) in [6.07, 6.45) is 6.30. The zero-order valence-corrected chi connectivity index (χ0v) is 14.3. The first kappa shape index (κ1) is 15.0. The summed E-state index contributed by atoms with van der Waals surface area (Å²) in [5.41, 5.74) is 4.35. The molecule has 0 radical (unpaired) electrons. The van der Waals surface area contributed by atoms with E-state index in [0.717, 1.165) is 38.1 Å². The molecule has 0 spiro atoms. The van der Waals surface area contributed by atoms with Gasteiger partial charge in [-0.1, -0.05) is 6.07 Å². The Kier molecular flexibility index (Phi) is 3.71. The number of aliphatic hydroxyl groups is 1. The van der Waals surface area contributed by atoms with E-state index in [1.54, 1.807) is 0 Å². The van der Waals surface area contributed by atoms with Crippen LogP contribution in [-0.4, -0.2) is 43.5 Å². The minimum atomic E-state index is -0.325. The van der Waals surface area contributed by atoms with Gasteiger partial charge in [-0.3, -0.25) is 0 Å². The van der Waals surface area contributed by atoms with Crippen molar-refractivity contribution in [3.05, 3.63) is 23.3 Å². The van der Waals surface area contributed by atoms with Crippen LogP contribution in [0, 0.1) is 11.8 Å². The van der Waals surface area contributed by atoms with Gasteiger partial charge in [0, 0.05) is 24.3 Å². The summed E-state index contributed by atoms with van der Waals surface area (Å²) in [7, 11) is 0. The molecule has 1 saturated heterocycles. The van der Waals surface area contributed by atoms with Crippen molar-refractivity contribution in [3.8, 4) is 5.75 Å². The molecule has 2 N–H and O–H groups in total. The van der Waals surface area contributed by atoms with Gasteiger partial charge in [0.25, 0.3) is 0 Å².